The Morgan fingerprint density at radius 2 is 2.00 bits per heavy atom. The van der Waals surface area contributed by atoms with Gasteiger partial charge in [-0.25, -0.2) is 0 Å². The normalized spacial score (nSPS) is 10.5. The first kappa shape index (κ1) is 11.8. The smallest absolute Gasteiger partial charge is 0.0717 e. The fraction of sp³-hybridized carbons (Fsp3) is 0.400. The zero-order valence-corrected chi connectivity index (χ0v) is 9.31. The first-order valence-electron chi connectivity index (χ1n) is 4.46. The molecule has 0 fully saturated rings. The van der Waals surface area contributed by atoms with E-state index in [0.29, 0.717) is 29.8 Å². The van der Waals surface area contributed by atoms with Crippen molar-refractivity contribution < 1.29 is 4.74 Å². The maximum Gasteiger partial charge on any atom is 0.0717 e. The van der Waals surface area contributed by atoms with Gasteiger partial charge in [0, 0.05) is 6.61 Å². The third-order valence-electron chi connectivity index (χ3n) is 1.75. The van der Waals surface area contributed by atoms with Gasteiger partial charge >= 0.3 is 0 Å². The summed E-state index contributed by atoms with van der Waals surface area (Å²) in [4.78, 5) is 0. The van der Waals surface area contributed by atoms with Crippen molar-refractivity contribution in [2.45, 2.75) is 13.0 Å². The molecule has 0 saturated carbocycles. The molecule has 4 heteroatoms. The van der Waals surface area contributed by atoms with Gasteiger partial charge < -0.3 is 10.5 Å². The van der Waals surface area contributed by atoms with Crippen LogP contribution in [0.15, 0.2) is 18.2 Å². The van der Waals surface area contributed by atoms with Crippen LogP contribution in [0.25, 0.3) is 0 Å². The van der Waals surface area contributed by atoms with Gasteiger partial charge in [0.25, 0.3) is 0 Å². The lowest BCUT2D eigenvalue weighted by Crippen LogP contribution is -2.04. The van der Waals surface area contributed by atoms with Crippen LogP contribution >= 0.6 is 23.2 Å². The van der Waals surface area contributed by atoms with Crippen molar-refractivity contribution in [3.8, 4) is 0 Å². The predicted molar refractivity (Wildman–Crippen MR) is 59.8 cm³/mol. The Morgan fingerprint density at radius 1 is 1.21 bits per heavy atom. The fourth-order valence-electron chi connectivity index (χ4n) is 1.00. The Balaban J connectivity index is 2.39. The number of rotatable bonds is 5. The Kier molecular flexibility index (Phi) is 5.26. The minimum absolute atomic E-state index is 0.552. The molecule has 0 heterocycles. The van der Waals surface area contributed by atoms with E-state index in [2.05, 4.69) is 0 Å². The van der Waals surface area contributed by atoms with Crippen molar-refractivity contribution in [2.24, 2.45) is 5.73 Å². The second-order valence-corrected chi connectivity index (χ2v) is 3.76. The van der Waals surface area contributed by atoms with Crippen LogP contribution in [0.4, 0.5) is 0 Å². The molecule has 0 amide bonds. The number of hydrogen-bond acceptors (Lipinski definition) is 2. The summed E-state index contributed by atoms with van der Waals surface area (Å²) >= 11 is 11.6. The Morgan fingerprint density at radius 3 is 2.64 bits per heavy atom. The fourth-order valence-corrected chi connectivity index (χ4v) is 1.33. The standard InChI is InChI=1S/C10H13Cl2NO/c11-9-3-2-8(6-10(9)12)7-14-5-1-4-13/h2-3,6H,1,4-5,7,13H2. The lowest BCUT2D eigenvalue weighted by Gasteiger charge is -2.04. The summed E-state index contributed by atoms with van der Waals surface area (Å²) < 4.78 is 5.37. The van der Waals surface area contributed by atoms with Gasteiger partial charge in [-0.3, -0.25) is 0 Å². The highest BCUT2D eigenvalue weighted by atomic mass is 35.5. The van der Waals surface area contributed by atoms with E-state index in [4.69, 9.17) is 33.7 Å². The minimum Gasteiger partial charge on any atom is -0.377 e. The molecule has 14 heavy (non-hydrogen) atoms. The Bertz CT molecular complexity index is 291. The highest BCUT2D eigenvalue weighted by Gasteiger charge is 1.99. The SMILES string of the molecule is NCCCOCc1ccc(Cl)c(Cl)c1. The van der Waals surface area contributed by atoms with Crippen LogP contribution < -0.4 is 5.73 Å². The molecule has 1 aromatic carbocycles. The van der Waals surface area contributed by atoms with Crippen molar-refractivity contribution in [3.63, 3.8) is 0 Å². The summed E-state index contributed by atoms with van der Waals surface area (Å²) in [5.41, 5.74) is 6.36. The van der Waals surface area contributed by atoms with Crippen molar-refractivity contribution >= 4 is 23.2 Å². The number of hydrogen-bond donors (Lipinski definition) is 1. The number of nitrogens with two attached hydrogens (primary N) is 1. The molecule has 0 aliphatic rings. The summed E-state index contributed by atoms with van der Waals surface area (Å²) in [6.45, 7) is 1.88. The molecule has 0 unspecified atom stereocenters. The summed E-state index contributed by atoms with van der Waals surface area (Å²) in [6.07, 6.45) is 0.876. The minimum atomic E-state index is 0.552. The van der Waals surface area contributed by atoms with E-state index in [-0.39, 0.29) is 0 Å². The van der Waals surface area contributed by atoms with Gasteiger partial charge in [-0.1, -0.05) is 29.3 Å². The monoisotopic (exact) mass is 233 g/mol. The van der Waals surface area contributed by atoms with Crippen LogP contribution in [0.5, 0.6) is 0 Å². The van der Waals surface area contributed by atoms with Crippen molar-refractivity contribution in [1.29, 1.82) is 0 Å². The topological polar surface area (TPSA) is 35.2 Å². The highest BCUT2D eigenvalue weighted by Crippen LogP contribution is 2.22. The van der Waals surface area contributed by atoms with Crippen LogP contribution in [-0.2, 0) is 11.3 Å². The maximum atomic E-state index is 5.85. The van der Waals surface area contributed by atoms with Gasteiger partial charge in [-0.05, 0) is 30.7 Å². The van der Waals surface area contributed by atoms with Crippen LogP contribution in [0, 0.1) is 0 Å². The second-order valence-electron chi connectivity index (χ2n) is 2.94. The highest BCUT2D eigenvalue weighted by molar-refractivity contribution is 6.41. The number of ether oxygens (including phenoxy) is 1. The molecular formula is C10H13Cl2NO. The first-order chi connectivity index (χ1) is 6.74. The molecule has 2 nitrogen and oxygen atoms in total. The number of halogens is 2. The predicted octanol–water partition coefficient (Wildman–Crippen LogP) is 2.86. The van der Waals surface area contributed by atoms with E-state index in [1.807, 2.05) is 12.1 Å². The molecule has 2 N–H and O–H groups in total. The zero-order valence-electron chi connectivity index (χ0n) is 7.80. The maximum absolute atomic E-state index is 5.85. The molecule has 1 rings (SSSR count). The Labute approximate surface area is 94.0 Å². The first-order valence-corrected chi connectivity index (χ1v) is 5.21. The lowest BCUT2D eigenvalue weighted by atomic mass is 10.2. The van der Waals surface area contributed by atoms with Gasteiger partial charge in [-0.2, -0.15) is 0 Å². The van der Waals surface area contributed by atoms with Crippen LogP contribution in [-0.4, -0.2) is 13.2 Å². The molecule has 0 aliphatic heterocycles. The summed E-state index contributed by atoms with van der Waals surface area (Å²) in [5.74, 6) is 0. The van der Waals surface area contributed by atoms with Crippen molar-refractivity contribution in [1.82, 2.24) is 0 Å². The van der Waals surface area contributed by atoms with Gasteiger partial charge in [-0.15, -0.1) is 0 Å². The largest absolute Gasteiger partial charge is 0.377 e. The van der Waals surface area contributed by atoms with Gasteiger partial charge in [0.05, 0.1) is 16.7 Å². The van der Waals surface area contributed by atoms with E-state index in [1.165, 1.54) is 0 Å². The van der Waals surface area contributed by atoms with Crippen LogP contribution in [0.3, 0.4) is 0 Å². The molecule has 0 radical (unpaired) electrons. The Hall–Kier alpha value is -0.280. The summed E-state index contributed by atoms with van der Waals surface area (Å²) in [7, 11) is 0. The average Bonchev–Trinajstić information content (AvgIpc) is 2.18. The third-order valence-corrected chi connectivity index (χ3v) is 2.48. The summed E-state index contributed by atoms with van der Waals surface area (Å²) in [5, 5.41) is 1.13. The van der Waals surface area contributed by atoms with E-state index in [1.54, 1.807) is 6.07 Å². The van der Waals surface area contributed by atoms with E-state index < -0.39 is 0 Å². The lowest BCUT2D eigenvalue weighted by molar-refractivity contribution is 0.120. The second kappa shape index (κ2) is 6.25. The molecule has 0 aromatic heterocycles. The third kappa shape index (κ3) is 3.84. The van der Waals surface area contributed by atoms with E-state index in [0.717, 1.165) is 12.0 Å². The molecule has 0 saturated heterocycles. The van der Waals surface area contributed by atoms with Gasteiger partial charge in [0.1, 0.15) is 0 Å². The van der Waals surface area contributed by atoms with E-state index >= 15 is 0 Å². The van der Waals surface area contributed by atoms with Crippen LogP contribution in [0.2, 0.25) is 10.0 Å². The molecular weight excluding hydrogens is 221 g/mol. The molecule has 0 aliphatic carbocycles. The van der Waals surface area contributed by atoms with Crippen molar-refractivity contribution in [3.05, 3.63) is 33.8 Å². The van der Waals surface area contributed by atoms with Crippen molar-refractivity contribution in [2.75, 3.05) is 13.2 Å². The van der Waals surface area contributed by atoms with Gasteiger partial charge in [0.2, 0.25) is 0 Å². The molecule has 0 atom stereocenters. The molecule has 78 valence electrons. The van der Waals surface area contributed by atoms with Crippen LogP contribution in [0.1, 0.15) is 12.0 Å². The molecule has 1 aromatic rings. The quantitative estimate of drug-likeness (QED) is 0.795. The molecule has 0 bridgehead atoms. The zero-order chi connectivity index (χ0) is 10.4. The summed E-state index contributed by atoms with van der Waals surface area (Å²) in [6, 6.07) is 5.48. The number of benzene rings is 1. The van der Waals surface area contributed by atoms with Gasteiger partial charge in [0.15, 0.2) is 0 Å². The average molecular weight is 234 g/mol. The molecule has 0 spiro atoms. The van der Waals surface area contributed by atoms with E-state index in [9.17, 15) is 0 Å².